The highest BCUT2D eigenvalue weighted by Gasteiger charge is 2.27. The van der Waals surface area contributed by atoms with Crippen molar-refractivity contribution in [1.82, 2.24) is 4.90 Å². The predicted octanol–water partition coefficient (Wildman–Crippen LogP) is 3.53. The Kier molecular flexibility index (Phi) is 5.64. The van der Waals surface area contributed by atoms with E-state index < -0.39 is 5.60 Å². The van der Waals surface area contributed by atoms with Gasteiger partial charge in [0.25, 0.3) is 0 Å². The van der Waals surface area contributed by atoms with Gasteiger partial charge in [-0.05, 0) is 63.8 Å². The van der Waals surface area contributed by atoms with E-state index in [4.69, 9.17) is 9.47 Å². The molecule has 23 heavy (non-hydrogen) atoms. The average molecular weight is 319 g/mol. The minimum atomic E-state index is -0.454. The summed E-state index contributed by atoms with van der Waals surface area (Å²) in [5.41, 5.74) is 0.188. The van der Waals surface area contributed by atoms with Crippen molar-refractivity contribution in [3.05, 3.63) is 29.8 Å². The first-order valence-corrected chi connectivity index (χ1v) is 8.03. The van der Waals surface area contributed by atoms with E-state index in [1.807, 2.05) is 20.8 Å². The van der Waals surface area contributed by atoms with Gasteiger partial charge in [-0.1, -0.05) is 0 Å². The predicted molar refractivity (Wildman–Crippen MR) is 87.9 cm³/mol. The number of rotatable bonds is 4. The highest BCUT2D eigenvalue weighted by Crippen LogP contribution is 2.21. The van der Waals surface area contributed by atoms with Gasteiger partial charge in [0.05, 0.1) is 6.61 Å². The van der Waals surface area contributed by atoms with Gasteiger partial charge in [-0.25, -0.2) is 4.79 Å². The van der Waals surface area contributed by atoms with Crippen LogP contribution in [0, 0.1) is 5.92 Å². The van der Waals surface area contributed by atoms with Gasteiger partial charge >= 0.3 is 6.09 Å². The van der Waals surface area contributed by atoms with Crippen LogP contribution in [0.5, 0.6) is 5.75 Å². The Labute approximate surface area is 137 Å². The maximum Gasteiger partial charge on any atom is 0.410 e. The lowest BCUT2D eigenvalue weighted by atomic mass is 9.98. The molecular formula is C18H25NO4. The fourth-order valence-electron chi connectivity index (χ4n) is 2.47. The van der Waals surface area contributed by atoms with Crippen molar-refractivity contribution in [3.63, 3.8) is 0 Å². The summed E-state index contributed by atoms with van der Waals surface area (Å²) in [6.07, 6.45) is 2.40. The van der Waals surface area contributed by atoms with E-state index in [-0.39, 0.29) is 6.09 Å². The van der Waals surface area contributed by atoms with Crippen LogP contribution in [-0.4, -0.2) is 42.6 Å². The van der Waals surface area contributed by atoms with Crippen molar-refractivity contribution < 1.29 is 19.1 Å². The van der Waals surface area contributed by atoms with Gasteiger partial charge < -0.3 is 14.4 Å². The Morgan fingerprint density at radius 2 is 1.83 bits per heavy atom. The Hall–Kier alpha value is -2.04. The molecule has 0 N–H and O–H groups in total. The third kappa shape index (κ3) is 5.58. The molecule has 126 valence electrons. The average Bonchev–Trinajstić information content (AvgIpc) is 2.52. The van der Waals surface area contributed by atoms with Crippen LogP contribution >= 0.6 is 0 Å². The molecule has 1 aromatic carbocycles. The van der Waals surface area contributed by atoms with Crippen LogP contribution in [0.2, 0.25) is 0 Å². The Bertz CT molecular complexity index is 525. The van der Waals surface area contributed by atoms with Crippen LogP contribution in [0.3, 0.4) is 0 Å². The number of amides is 1. The molecule has 1 amide bonds. The molecule has 1 fully saturated rings. The van der Waals surface area contributed by atoms with Crippen LogP contribution < -0.4 is 4.74 Å². The van der Waals surface area contributed by atoms with Crippen molar-refractivity contribution in [2.24, 2.45) is 5.92 Å². The number of hydrogen-bond donors (Lipinski definition) is 0. The molecule has 0 saturated carbocycles. The maximum atomic E-state index is 12.0. The monoisotopic (exact) mass is 319 g/mol. The molecule has 0 unspecified atom stereocenters. The fraction of sp³-hybridized carbons (Fsp3) is 0.556. The van der Waals surface area contributed by atoms with Gasteiger partial charge in [0.15, 0.2) is 0 Å². The molecule has 5 heteroatoms. The number of aldehydes is 1. The summed E-state index contributed by atoms with van der Waals surface area (Å²) in [6, 6.07) is 7.10. The quantitative estimate of drug-likeness (QED) is 0.797. The minimum absolute atomic E-state index is 0.235. The van der Waals surface area contributed by atoms with Crippen LogP contribution in [-0.2, 0) is 4.74 Å². The van der Waals surface area contributed by atoms with Gasteiger partial charge in [-0.3, -0.25) is 4.79 Å². The Morgan fingerprint density at radius 3 is 2.35 bits per heavy atom. The molecule has 0 spiro atoms. The minimum Gasteiger partial charge on any atom is -0.493 e. The van der Waals surface area contributed by atoms with Gasteiger partial charge in [0, 0.05) is 18.7 Å². The summed E-state index contributed by atoms with van der Waals surface area (Å²) in [4.78, 5) is 24.4. The molecule has 1 aliphatic heterocycles. The lowest BCUT2D eigenvalue weighted by Gasteiger charge is -2.33. The lowest BCUT2D eigenvalue weighted by Crippen LogP contribution is -2.42. The molecule has 1 saturated heterocycles. The van der Waals surface area contributed by atoms with E-state index in [1.54, 1.807) is 29.2 Å². The SMILES string of the molecule is CC(C)(C)OC(=O)N1CCC(COc2ccc(C=O)cc2)CC1. The molecule has 1 heterocycles. The van der Waals surface area contributed by atoms with E-state index in [2.05, 4.69) is 0 Å². The third-order valence-electron chi connectivity index (χ3n) is 3.77. The lowest BCUT2D eigenvalue weighted by molar-refractivity contribution is 0.0165. The number of likely N-dealkylation sites (tertiary alicyclic amines) is 1. The molecule has 0 atom stereocenters. The number of piperidine rings is 1. The number of benzene rings is 1. The third-order valence-corrected chi connectivity index (χ3v) is 3.77. The Balaban J connectivity index is 1.74. The zero-order valence-corrected chi connectivity index (χ0v) is 14.1. The van der Waals surface area contributed by atoms with Crippen molar-refractivity contribution in [2.75, 3.05) is 19.7 Å². The fourth-order valence-corrected chi connectivity index (χ4v) is 2.47. The molecule has 0 aromatic heterocycles. The van der Waals surface area contributed by atoms with Crippen LogP contribution in [0.1, 0.15) is 44.0 Å². The molecule has 0 aliphatic carbocycles. The van der Waals surface area contributed by atoms with Crippen molar-refractivity contribution in [1.29, 1.82) is 0 Å². The van der Waals surface area contributed by atoms with Crippen molar-refractivity contribution >= 4 is 12.4 Å². The van der Waals surface area contributed by atoms with E-state index >= 15 is 0 Å². The standard InChI is InChI=1S/C18H25NO4/c1-18(2,3)23-17(21)19-10-8-15(9-11-19)13-22-16-6-4-14(12-20)5-7-16/h4-7,12,15H,8-11,13H2,1-3H3. The molecule has 0 radical (unpaired) electrons. The summed E-state index contributed by atoms with van der Waals surface area (Å²) in [6.45, 7) is 7.66. The first-order chi connectivity index (χ1) is 10.9. The van der Waals surface area contributed by atoms with Gasteiger partial charge in [0.1, 0.15) is 17.6 Å². The molecule has 0 bridgehead atoms. The number of carbonyl (C=O) groups excluding carboxylic acids is 2. The summed E-state index contributed by atoms with van der Waals surface area (Å²) in [5, 5.41) is 0. The first kappa shape index (κ1) is 17.3. The molecule has 2 rings (SSSR count). The van der Waals surface area contributed by atoms with E-state index in [0.29, 0.717) is 31.2 Å². The number of carbonyl (C=O) groups is 2. The second kappa shape index (κ2) is 7.49. The van der Waals surface area contributed by atoms with E-state index in [1.165, 1.54) is 0 Å². The maximum absolute atomic E-state index is 12.0. The molecule has 1 aromatic rings. The highest BCUT2D eigenvalue weighted by atomic mass is 16.6. The van der Waals surface area contributed by atoms with Crippen molar-refractivity contribution in [3.8, 4) is 5.75 Å². The first-order valence-electron chi connectivity index (χ1n) is 8.03. The smallest absolute Gasteiger partial charge is 0.410 e. The van der Waals surface area contributed by atoms with Crippen LogP contribution in [0.15, 0.2) is 24.3 Å². The van der Waals surface area contributed by atoms with Gasteiger partial charge in [-0.15, -0.1) is 0 Å². The second-order valence-corrected chi connectivity index (χ2v) is 6.91. The van der Waals surface area contributed by atoms with E-state index in [0.717, 1.165) is 24.9 Å². The second-order valence-electron chi connectivity index (χ2n) is 6.91. The molecule has 1 aliphatic rings. The zero-order valence-electron chi connectivity index (χ0n) is 14.1. The van der Waals surface area contributed by atoms with Gasteiger partial charge in [0.2, 0.25) is 0 Å². The largest absolute Gasteiger partial charge is 0.493 e. The van der Waals surface area contributed by atoms with Crippen molar-refractivity contribution in [2.45, 2.75) is 39.2 Å². The summed E-state index contributed by atoms with van der Waals surface area (Å²) >= 11 is 0. The molecular weight excluding hydrogens is 294 g/mol. The topological polar surface area (TPSA) is 55.8 Å². The number of hydrogen-bond acceptors (Lipinski definition) is 4. The summed E-state index contributed by atoms with van der Waals surface area (Å²) in [7, 11) is 0. The van der Waals surface area contributed by atoms with Crippen LogP contribution in [0.25, 0.3) is 0 Å². The normalized spacial score (nSPS) is 16.0. The van der Waals surface area contributed by atoms with Crippen LogP contribution in [0.4, 0.5) is 4.79 Å². The zero-order chi connectivity index (χ0) is 16.9. The highest BCUT2D eigenvalue weighted by molar-refractivity contribution is 5.74. The summed E-state index contributed by atoms with van der Waals surface area (Å²) < 4.78 is 11.2. The number of ether oxygens (including phenoxy) is 2. The van der Waals surface area contributed by atoms with E-state index in [9.17, 15) is 9.59 Å². The summed E-state index contributed by atoms with van der Waals surface area (Å²) in [5.74, 6) is 1.20. The number of nitrogens with zero attached hydrogens (tertiary/aromatic N) is 1. The molecule has 5 nitrogen and oxygen atoms in total. The van der Waals surface area contributed by atoms with Gasteiger partial charge in [-0.2, -0.15) is 0 Å². The Morgan fingerprint density at radius 1 is 1.22 bits per heavy atom.